The van der Waals surface area contributed by atoms with E-state index >= 15 is 0 Å². The SMILES string of the molecule is O=C(O)C(CCN1C(=O)c2ccccc2C1=O)S(=O)(=O)c1ccc(N2CC=C(c3ccc(Cl)cc3)CC2)cc1. The van der Waals surface area contributed by atoms with E-state index in [1.807, 2.05) is 24.3 Å². The van der Waals surface area contributed by atoms with Crippen molar-refractivity contribution in [1.29, 1.82) is 0 Å². The van der Waals surface area contributed by atoms with E-state index in [9.17, 15) is 27.9 Å². The fourth-order valence-electron chi connectivity index (χ4n) is 4.94. The van der Waals surface area contributed by atoms with Crippen molar-refractivity contribution in [2.24, 2.45) is 0 Å². The Hall–Kier alpha value is -3.95. The quantitative estimate of drug-likeness (QED) is 0.399. The second-order valence-corrected chi connectivity index (χ2v) is 12.0. The zero-order chi connectivity index (χ0) is 27.7. The molecular formula is C29H25ClN2O6S. The molecule has 0 bridgehead atoms. The molecule has 2 amide bonds. The van der Waals surface area contributed by atoms with Crippen molar-refractivity contribution < 1.29 is 27.9 Å². The molecule has 2 aliphatic rings. The molecule has 0 aromatic heterocycles. The number of imide groups is 1. The molecule has 2 aliphatic heterocycles. The molecule has 10 heteroatoms. The maximum atomic E-state index is 13.3. The van der Waals surface area contributed by atoms with Gasteiger partial charge < -0.3 is 10.0 Å². The highest BCUT2D eigenvalue weighted by molar-refractivity contribution is 7.92. The standard InChI is InChI=1S/C29H25ClN2O6S/c30-21-7-5-19(6-8-21)20-13-16-31(17-14-20)22-9-11-23(12-10-22)39(37,38)26(29(35)36)15-18-32-27(33)24-3-1-2-4-25(24)28(32)34/h1-13,26H,14-18H2,(H,35,36). The summed E-state index contributed by atoms with van der Waals surface area (Å²) in [5.41, 5.74) is 3.59. The lowest BCUT2D eigenvalue weighted by Gasteiger charge is -2.29. The summed E-state index contributed by atoms with van der Waals surface area (Å²) in [6.45, 7) is 1.05. The Morgan fingerprint density at radius 2 is 1.54 bits per heavy atom. The van der Waals surface area contributed by atoms with Gasteiger partial charge in [0.25, 0.3) is 11.8 Å². The van der Waals surface area contributed by atoms with Gasteiger partial charge in [-0.05, 0) is 72.5 Å². The van der Waals surface area contributed by atoms with Crippen molar-refractivity contribution in [3.05, 3.63) is 101 Å². The lowest BCUT2D eigenvalue weighted by Crippen LogP contribution is -2.37. The van der Waals surface area contributed by atoms with Gasteiger partial charge in [-0.2, -0.15) is 0 Å². The molecule has 0 aliphatic carbocycles. The molecule has 1 atom stereocenters. The molecule has 0 saturated carbocycles. The molecule has 0 spiro atoms. The Balaban J connectivity index is 1.27. The number of carboxylic acids is 1. The summed E-state index contributed by atoms with van der Waals surface area (Å²) >= 11 is 5.98. The third-order valence-electron chi connectivity index (χ3n) is 7.10. The Labute approximate surface area is 231 Å². The third-order valence-corrected chi connectivity index (χ3v) is 9.47. The fourth-order valence-corrected chi connectivity index (χ4v) is 6.59. The van der Waals surface area contributed by atoms with E-state index in [2.05, 4.69) is 11.0 Å². The first-order chi connectivity index (χ1) is 18.7. The highest BCUT2D eigenvalue weighted by atomic mass is 35.5. The first-order valence-electron chi connectivity index (χ1n) is 12.4. The van der Waals surface area contributed by atoms with E-state index in [-0.39, 0.29) is 22.6 Å². The number of hydrogen-bond donors (Lipinski definition) is 1. The van der Waals surface area contributed by atoms with Gasteiger partial charge in [0.2, 0.25) is 0 Å². The predicted molar refractivity (Wildman–Crippen MR) is 148 cm³/mol. The van der Waals surface area contributed by atoms with E-state index in [0.717, 1.165) is 29.1 Å². The topological polar surface area (TPSA) is 112 Å². The van der Waals surface area contributed by atoms with Crippen LogP contribution in [0.2, 0.25) is 5.02 Å². The van der Waals surface area contributed by atoms with Gasteiger partial charge in [0.1, 0.15) is 0 Å². The van der Waals surface area contributed by atoms with Gasteiger partial charge >= 0.3 is 5.97 Å². The summed E-state index contributed by atoms with van der Waals surface area (Å²) in [5, 5.41) is 8.62. The van der Waals surface area contributed by atoms with Crippen LogP contribution in [0, 0.1) is 0 Å². The van der Waals surface area contributed by atoms with Gasteiger partial charge in [0, 0.05) is 30.3 Å². The van der Waals surface area contributed by atoms with E-state index in [1.165, 1.54) is 29.8 Å². The summed E-state index contributed by atoms with van der Waals surface area (Å²) in [7, 11) is -4.28. The van der Waals surface area contributed by atoms with Crippen molar-refractivity contribution in [3.8, 4) is 0 Å². The van der Waals surface area contributed by atoms with Crippen LogP contribution in [0.1, 0.15) is 39.1 Å². The summed E-state index contributed by atoms with van der Waals surface area (Å²) < 4.78 is 26.5. The van der Waals surface area contributed by atoms with Crippen molar-refractivity contribution >= 4 is 50.5 Å². The Morgan fingerprint density at radius 1 is 0.923 bits per heavy atom. The number of sulfone groups is 1. The van der Waals surface area contributed by atoms with Crippen LogP contribution in [0.5, 0.6) is 0 Å². The smallest absolute Gasteiger partial charge is 0.322 e. The number of nitrogens with zero attached hydrogens (tertiary/aromatic N) is 2. The van der Waals surface area contributed by atoms with Crippen LogP contribution in [0.15, 0.2) is 83.8 Å². The van der Waals surface area contributed by atoms with Gasteiger partial charge in [-0.15, -0.1) is 0 Å². The van der Waals surface area contributed by atoms with Crippen molar-refractivity contribution in [1.82, 2.24) is 4.90 Å². The summed E-state index contributed by atoms with van der Waals surface area (Å²) in [6.07, 6.45) is 2.51. The van der Waals surface area contributed by atoms with Crippen LogP contribution in [0.25, 0.3) is 5.57 Å². The van der Waals surface area contributed by atoms with Crippen LogP contribution < -0.4 is 4.90 Å². The molecule has 5 rings (SSSR count). The molecule has 3 aromatic carbocycles. The number of amides is 2. The number of hydrogen-bond acceptors (Lipinski definition) is 6. The van der Waals surface area contributed by atoms with E-state index < -0.39 is 39.3 Å². The molecule has 0 fully saturated rings. The highest BCUT2D eigenvalue weighted by Crippen LogP contribution is 2.29. The molecule has 8 nitrogen and oxygen atoms in total. The van der Waals surface area contributed by atoms with E-state index in [1.54, 1.807) is 24.3 Å². The van der Waals surface area contributed by atoms with Crippen LogP contribution >= 0.6 is 11.6 Å². The van der Waals surface area contributed by atoms with Crippen LogP contribution in [0.3, 0.4) is 0 Å². The van der Waals surface area contributed by atoms with Gasteiger partial charge in [-0.1, -0.05) is 41.9 Å². The minimum Gasteiger partial charge on any atom is -0.480 e. The lowest BCUT2D eigenvalue weighted by atomic mass is 9.99. The van der Waals surface area contributed by atoms with Crippen molar-refractivity contribution in [2.75, 3.05) is 24.5 Å². The maximum Gasteiger partial charge on any atom is 0.322 e. The normalized spacial score (nSPS) is 16.2. The number of carboxylic acid groups (broad SMARTS) is 1. The Kier molecular flexibility index (Phi) is 7.29. The predicted octanol–water partition coefficient (Wildman–Crippen LogP) is 4.55. The van der Waals surface area contributed by atoms with Gasteiger partial charge in [0.15, 0.2) is 15.1 Å². The van der Waals surface area contributed by atoms with Crippen molar-refractivity contribution in [3.63, 3.8) is 0 Å². The monoisotopic (exact) mass is 564 g/mol. The molecular weight excluding hydrogens is 540 g/mol. The number of carbonyl (C=O) groups is 3. The average molecular weight is 565 g/mol. The number of rotatable bonds is 8. The lowest BCUT2D eigenvalue weighted by molar-refractivity contribution is -0.136. The minimum absolute atomic E-state index is 0.129. The Morgan fingerprint density at radius 3 is 2.08 bits per heavy atom. The highest BCUT2D eigenvalue weighted by Gasteiger charge is 2.39. The zero-order valence-electron chi connectivity index (χ0n) is 20.8. The largest absolute Gasteiger partial charge is 0.480 e. The zero-order valence-corrected chi connectivity index (χ0v) is 22.4. The summed E-state index contributed by atoms with van der Waals surface area (Å²) in [6, 6.07) is 20.1. The first-order valence-corrected chi connectivity index (χ1v) is 14.3. The third kappa shape index (κ3) is 5.20. The fraction of sp³-hybridized carbons (Fsp3) is 0.207. The van der Waals surface area contributed by atoms with Gasteiger partial charge in [0.05, 0.1) is 16.0 Å². The number of aliphatic carboxylic acids is 1. The molecule has 0 radical (unpaired) electrons. The number of benzene rings is 3. The van der Waals surface area contributed by atoms with Crippen molar-refractivity contribution in [2.45, 2.75) is 23.0 Å². The number of carbonyl (C=O) groups excluding carboxylic acids is 2. The van der Waals surface area contributed by atoms with Gasteiger partial charge in [-0.3, -0.25) is 19.3 Å². The van der Waals surface area contributed by atoms with Gasteiger partial charge in [-0.25, -0.2) is 8.42 Å². The molecule has 2 heterocycles. The molecule has 1 N–H and O–H groups in total. The van der Waals surface area contributed by atoms with E-state index in [4.69, 9.17) is 11.6 Å². The second kappa shape index (κ2) is 10.7. The minimum atomic E-state index is -4.28. The van der Waals surface area contributed by atoms with Crippen LogP contribution in [-0.2, 0) is 14.6 Å². The van der Waals surface area contributed by atoms with Crippen LogP contribution in [0.4, 0.5) is 5.69 Å². The number of fused-ring (bicyclic) bond motifs is 1. The number of anilines is 1. The number of halogens is 1. The maximum absolute atomic E-state index is 13.3. The van der Waals surface area contributed by atoms with Crippen LogP contribution in [-0.4, -0.2) is 61.1 Å². The molecule has 39 heavy (non-hydrogen) atoms. The van der Waals surface area contributed by atoms with E-state index in [0.29, 0.717) is 11.6 Å². The molecule has 1 unspecified atom stereocenters. The first kappa shape index (κ1) is 26.6. The molecule has 3 aromatic rings. The second-order valence-electron chi connectivity index (χ2n) is 9.39. The average Bonchev–Trinajstić information content (AvgIpc) is 3.18. The Bertz CT molecular complexity index is 1550. The summed E-state index contributed by atoms with van der Waals surface area (Å²) in [5.74, 6) is -2.65. The summed E-state index contributed by atoms with van der Waals surface area (Å²) in [4.78, 5) is 40.1. The molecule has 200 valence electrons. The molecule has 0 saturated heterocycles.